The lowest BCUT2D eigenvalue weighted by Gasteiger charge is -2.18. The number of hydrogen-bond acceptors (Lipinski definition) is 6. The van der Waals surface area contributed by atoms with E-state index in [0.29, 0.717) is 29.9 Å². The lowest BCUT2D eigenvalue weighted by atomic mass is 10.1. The summed E-state index contributed by atoms with van der Waals surface area (Å²) in [5, 5.41) is 0. The first kappa shape index (κ1) is 19.1. The maximum atomic E-state index is 12.3. The van der Waals surface area contributed by atoms with Crippen LogP contribution < -0.4 is 0 Å². The Morgan fingerprint density at radius 2 is 1.65 bits per heavy atom. The molecule has 0 fully saturated rings. The first-order valence-electron chi connectivity index (χ1n) is 7.58. The number of aryl methyl sites for hydroxylation is 1. The van der Waals surface area contributed by atoms with Crippen LogP contribution in [0, 0.1) is 6.92 Å². The number of ether oxygens (including phenoxy) is 4. The third kappa shape index (κ3) is 6.00. The molecular weight excluding hydrogens is 300 g/mol. The van der Waals surface area contributed by atoms with E-state index in [1.54, 1.807) is 19.1 Å². The van der Waals surface area contributed by atoms with Gasteiger partial charge in [0.15, 0.2) is 0 Å². The molecule has 0 amide bonds. The highest BCUT2D eigenvalue weighted by molar-refractivity contribution is 5.94. The Kier molecular flexibility index (Phi) is 8.29. The van der Waals surface area contributed by atoms with E-state index in [0.717, 1.165) is 0 Å². The first-order chi connectivity index (χ1) is 11.0. The molecule has 0 bridgehead atoms. The Morgan fingerprint density at radius 1 is 1.04 bits per heavy atom. The zero-order chi connectivity index (χ0) is 17.2. The Hall–Kier alpha value is -1.92. The molecule has 0 radical (unpaired) electrons. The molecule has 0 atom stereocenters. The van der Waals surface area contributed by atoms with Crippen molar-refractivity contribution in [1.82, 2.24) is 0 Å². The summed E-state index contributed by atoms with van der Waals surface area (Å²) >= 11 is 0. The molecule has 0 saturated carbocycles. The third-order valence-corrected chi connectivity index (χ3v) is 3.16. The lowest BCUT2D eigenvalue weighted by Crippen LogP contribution is -2.29. The molecule has 0 aliphatic carbocycles. The molecule has 0 saturated heterocycles. The summed E-state index contributed by atoms with van der Waals surface area (Å²) < 4.78 is 20.7. The number of carbonyl (C=O) groups is 2. The van der Waals surface area contributed by atoms with Gasteiger partial charge >= 0.3 is 11.9 Å². The molecule has 23 heavy (non-hydrogen) atoms. The largest absolute Gasteiger partial charge is 0.465 e. The van der Waals surface area contributed by atoms with Crippen molar-refractivity contribution in [3.63, 3.8) is 0 Å². The van der Waals surface area contributed by atoms with Crippen molar-refractivity contribution in [2.45, 2.75) is 26.9 Å². The molecule has 0 aliphatic heterocycles. The average Bonchev–Trinajstić information content (AvgIpc) is 2.56. The molecule has 0 aliphatic rings. The van der Waals surface area contributed by atoms with E-state index < -0.39 is 18.0 Å². The van der Waals surface area contributed by atoms with Crippen LogP contribution in [0.25, 0.3) is 0 Å². The molecular formula is C17H24O6. The quantitative estimate of drug-likeness (QED) is 0.650. The highest BCUT2D eigenvalue weighted by Gasteiger charge is 2.19. The topological polar surface area (TPSA) is 71.1 Å². The second-order valence-electron chi connectivity index (χ2n) is 4.87. The fourth-order valence-corrected chi connectivity index (χ4v) is 1.97. The van der Waals surface area contributed by atoms with Crippen LogP contribution in [0.5, 0.6) is 0 Å². The van der Waals surface area contributed by atoms with Gasteiger partial charge in [0.05, 0.1) is 31.5 Å². The van der Waals surface area contributed by atoms with Crippen LogP contribution in [-0.4, -0.2) is 51.6 Å². The van der Waals surface area contributed by atoms with Crippen LogP contribution in [-0.2, 0) is 18.9 Å². The van der Waals surface area contributed by atoms with Crippen LogP contribution in [0.15, 0.2) is 18.2 Å². The Bertz CT molecular complexity index is 518. The summed E-state index contributed by atoms with van der Waals surface area (Å²) in [5.41, 5.74) is 1.43. The van der Waals surface area contributed by atoms with Gasteiger partial charge in [-0.2, -0.15) is 0 Å². The first-order valence-corrected chi connectivity index (χ1v) is 7.58. The second-order valence-corrected chi connectivity index (χ2v) is 4.87. The van der Waals surface area contributed by atoms with Gasteiger partial charge in [-0.15, -0.1) is 0 Å². The average molecular weight is 324 g/mol. The monoisotopic (exact) mass is 324 g/mol. The number of hydrogen-bond donors (Lipinski definition) is 0. The van der Waals surface area contributed by atoms with Gasteiger partial charge in [0, 0.05) is 13.2 Å². The fourth-order valence-electron chi connectivity index (χ4n) is 1.97. The molecule has 0 N–H and O–H groups in total. The maximum absolute atomic E-state index is 12.3. The molecule has 0 heterocycles. The molecule has 0 aromatic heterocycles. The molecule has 1 aromatic carbocycles. The van der Waals surface area contributed by atoms with E-state index >= 15 is 0 Å². The Morgan fingerprint density at radius 3 is 2.13 bits per heavy atom. The van der Waals surface area contributed by atoms with E-state index in [1.165, 1.54) is 13.2 Å². The normalized spacial score (nSPS) is 10.7. The van der Waals surface area contributed by atoms with Crippen LogP contribution in [0.2, 0.25) is 0 Å². The van der Waals surface area contributed by atoms with Crippen molar-refractivity contribution in [1.29, 1.82) is 0 Å². The zero-order valence-electron chi connectivity index (χ0n) is 14.1. The minimum Gasteiger partial charge on any atom is -0.465 e. The van der Waals surface area contributed by atoms with E-state index in [-0.39, 0.29) is 13.2 Å². The van der Waals surface area contributed by atoms with E-state index in [9.17, 15) is 9.59 Å². The zero-order valence-corrected chi connectivity index (χ0v) is 14.1. The summed E-state index contributed by atoms with van der Waals surface area (Å²) in [5.74, 6) is -0.915. The summed E-state index contributed by atoms with van der Waals surface area (Å²) in [6.07, 6.45) is -0.470. The standard InChI is InChI=1S/C17H24O6/c1-5-21-10-14(11-22-6-2)23-17(19)15-8-7-13(9-12(15)3)16(18)20-4/h7-9,14H,5-6,10-11H2,1-4H3. The van der Waals surface area contributed by atoms with Crippen LogP contribution in [0.3, 0.4) is 0 Å². The molecule has 128 valence electrons. The fraction of sp³-hybridized carbons (Fsp3) is 0.529. The number of rotatable bonds is 9. The van der Waals surface area contributed by atoms with Crippen molar-refractivity contribution < 1.29 is 28.5 Å². The van der Waals surface area contributed by atoms with E-state index in [2.05, 4.69) is 4.74 Å². The molecule has 1 aromatic rings. The third-order valence-electron chi connectivity index (χ3n) is 3.16. The highest BCUT2D eigenvalue weighted by atomic mass is 16.6. The molecule has 0 unspecified atom stereocenters. The summed E-state index contributed by atoms with van der Waals surface area (Å²) in [7, 11) is 1.31. The van der Waals surface area contributed by atoms with Gasteiger partial charge in [-0.1, -0.05) is 0 Å². The molecule has 6 nitrogen and oxygen atoms in total. The van der Waals surface area contributed by atoms with Crippen molar-refractivity contribution >= 4 is 11.9 Å². The summed E-state index contributed by atoms with van der Waals surface area (Å²) in [6.45, 7) is 7.11. The van der Waals surface area contributed by atoms with Crippen molar-refractivity contribution in [3.05, 3.63) is 34.9 Å². The minimum absolute atomic E-state index is 0.279. The van der Waals surface area contributed by atoms with Crippen LogP contribution in [0.1, 0.15) is 40.1 Å². The SMILES string of the molecule is CCOCC(COCC)OC(=O)c1ccc(C(=O)OC)cc1C. The van der Waals surface area contributed by atoms with Crippen molar-refractivity contribution in [3.8, 4) is 0 Å². The minimum atomic E-state index is -0.470. The van der Waals surface area contributed by atoms with E-state index in [1.807, 2.05) is 13.8 Å². The Balaban J connectivity index is 2.79. The van der Waals surface area contributed by atoms with Crippen LogP contribution >= 0.6 is 0 Å². The van der Waals surface area contributed by atoms with Gasteiger partial charge < -0.3 is 18.9 Å². The van der Waals surface area contributed by atoms with Gasteiger partial charge in [-0.25, -0.2) is 9.59 Å². The number of benzene rings is 1. The number of esters is 2. The van der Waals surface area contributed by atoms with Gasteiger partial charge in [0.1, 0.15) is 6.10 Å². The summed E-state index contributed by atoms with van der Waals surface area (Å²) in [4.78, 5) is 23.8. The number of carbonyl (C=O) groups excluding carboxylic acids is 2. The van der Waals surface area contributed by atoms with Gasteiger partial charge in [-0.05, 0) is 44.5 Å². The second kappa shape index (κ2) is 9.97. The van der Waals surface area contributed by atoms with Gasteiger partial charge in [0.25, 0.3) is 0 Å². The van der Waals surface area contributed by atoms with Gasteiger partial charge in [0.2, 0.25) is 0 Å². The Labute approximate surface area is 136 Å². The van der Waals surface area contributed by atoms with E-state index in [4.69, 9.17) is 14.2 Å². The number of methoxy groups -OCH3 is 1. The summed E-state index contributed by atoms with van der Waals surface area (Å²) in [6, 6.07) is 4.69. The lowest BCUT2D eigenvalue weighted by molar-refractivity contribution is -0.0364. The molecule has 0 spiro atoms. The molecule has 6 heteroatoms. The van der Waals surface area contributed by atoms with Crippen molar-refractivity contribution in [2.24, 2.45) is 0 Å². The highest BCUT2D eigenvalue weighted by Crippen LogP contribution is 2.14. The predicted octanol–water partition coefficient (Wildman–Crippen LogP) is 2.38. The maximum Gasteiger partial charge on any atom is 0.338 e. The molecule has 1 rings (SSSR count). The predicted molar refractivity (Wildman–Crippen MR) is 84.7 cm³/mol. The van der Waals surface area contributed by atoms with Gasteiger partial charge in [-0.3, -0.25) is 0 Å². The smallest absolute Gasteiger partial charge is 0.338 e. The van der Waals surface area contributed by atoms with Crippen LogP contribution in [0.4, 0.5) is 0 Å². The van der Waals surface area contributed by atoms with Crippen molar-refractivity contribution in [2.75, 3.05) is 33.5 Å².